The number of aromatic hydroxyl groups is 1. The third-order valence-electron chi connectivity index (χ3n) is 1.80. The Morgan fingerprint density at radius 2 is 2.23 bits per heavy atom. The molecule has 0 aliphatic carbocycles. The highest BCUT2D eigenvalue weighted by atomic mass is 35.5. The Hall–Kier alpha value is -1.22. The van der Waals surface area contributed by atoms with E-state index >= 15 is 0 Å². The Morgan fingerprint density at radius 1 is 1.62 bits per heavy atom. The fourth-order valence-electron chi connectivity index (χ4n) is 1.09. The highest BCUT2D eigenvalue weighted by molar-refractivity contribution is 6.30. The van der Waals surface area contributed by atoms with E-state index in [1.165, 1.54) is 6.07 Å². The summed E-state index contributed by atoms with van der Waals surface area (Å²) in [6, 6.07) is 2.89. The summed E-state index contributed by atoms with van der Waals surface area (Å²) < 4.78 is 0. The van der Waals surface area contributed by atoms with Gasteiger partial charge in [0.15, 0.2) is 5.78 Å². The number of hydrogen-bond acceptors (Lipinski definition) is 3. The van der Waals surface area contributed by atoms with Gasteiger partial charge in [0.2, 0.25) is 0 Å². The minimum atomic E-state index is -0.213. The second kappa shape index (κ2) is 3.66. The van der Waals surface area contributed by atoms with Gasteiger partial charge in [0, 0.05) is 5.56 Å². The highest BCUT2D eigenvalue weighted by Crippen LogP contribution is 2.24. The van der Waals surface area contributed by atoms with E-state index in [-0.39, 0.29) is 23.1 Å². The number of carbonyl (C=O) groups is 1. The van der Waals surface area contributed by atoms with Crippen LogP contribution in [-0.4, -0.2) is 16.8 Å². The monoisotopic (exact) mass is 199 g/mol. The zero-order chi connectivity index (χ0) is 10.0. The first-order valence-corrected chi connectivity index (χ1v) is 4.28. The lowest BCUT2D eigenvalue weighted by atomic mass is 10.0. The molecule has 1 rings (SSSR count). The molecule has 0 amide bonds. The van der Waals surface area contributed by atoms with Crippen LogP contribution in [0.25, 0.3) is 0 Å². The van der Waals surface area contributed by atoms with E-state index in [0.29, 0.717) is 5.56 Å². The lowest BCUT2D eigenvalue weighted by molar-refractivity contribution is 0.102. The summed E-state index contributed by atoms with van der Waals surface area (Å²) in [6.07, 6.45) is 0. The van der Waals surface area contributed by atoms with Gasteiger partial charge in [0.25, 0.3) is 0 Å². The molecule has 0 radical (unpaired) electrons. The van der Waals surface area contributed by atoms with Crippen molar-refractivity contribution in [1.29, 1.82) is 0 Å². The molecule has 1 aromatic rings. The maximum Gasteiger partial charge on any atom is 0.177 e. The smallest absolute Gasteiger partial charge is 0.177 e. The van der Waals surface area contributed by atoms with Gasteiger partial charge in [-0.3, -0.25) is 4.79 Å². The number of carbonyl (C=O) groups excluding carboxylic acids is 1. The standard InChI is InChI=1S/C9H10ClNO2/c1-5-2-7(11)8(12)3-6(5)9(13)4-10/h2-3,12H,4,11H2,1H3. The summed E-state index contributed by atoms with van der Waals surface area (Å²) in [7, 11) is 0. The predicted molar refractivity (Wildman–Crippen MR) is 52.3 cm³/mol. The molecule has 0 saturated heterocycles. The molecular weight excluding hydrogens is 190 g/mol. The number of phenols is 1. The number of rotatable bonds is 2. The molecular formula is C9H10ClNO2. The number of aryl methyl sites for hydroxylation is 1. The molecule has 0 unspecified atom stereocenters. The van der Waals surface area contributed by atoms with Crippen LogP contribution in [0.5, 0.6) is 5.75 Å². The first-order valence-electron chi connectivity index (χ1n) is 3.74. The van der Waals surface area contributed by atoms with E-state index in [1.807, 2.05) is 0 Å². The zero-order valence-corrected chi connectivity index (χ0v) is 7.93. The van der Waals surface area contributed by atoms with E-state index < -0.39 is 0 Å². The number of anilines is 1. The molecule has 3 nitrogen and oxygen atoms in total. The number of nitrogen functional groups attached to an aromatic ring is 1. The second-order valence-electron chi connectivity index (χ2n) is 2.78. The minimum Gasteiger partial charge on any atom is -0.506 e. The summed E-state index contributed by atoms with van der Waals surface area (Å²) in [4.78, 5) is 11.2. The van der Waals surface area contributed by atoms with Crippen molar-refractivity contribution in [2.45, 2.75) is 6.92 Å². The molecule has 0 aliphatic rings. The van der Waals surface area contributed by atoms with Crippen molar-refractivity contribution in [2.75, 3.05) is 11.6 Å². The molecule has 70 valence electrons. The van der Waals surface area contributed by atoms with E-state index in [2.05, 4.69) is 0 Å². The van der Waals surface area contributed by atoms with E-state index in [0.717, 1.165) is 5.56 Å². The largest absolute Gasteiger partial charge is 0.506 e. The number of alkyl halides is 1. The average molecular weight is 200 g/mol. The van der Waals surface area contributed by atoms with E-state index in [1.54, 1.807) is 13.0 Å². The van der Waals surface area contributed by atoms with Crippen molar-refractivity contribution < 1.29 is 9.90 Å². The maximum absolute atomic E-state index is 11.2. The number of halogens is 1. The molecule has 4 heteroatoms. The molecule has 0 saturated carbocycles. The van der Waals surface area contributed by atoms with E-state index in [9.17, 15) is 9.90 Å². The number of phenolic OH excluding ortho intramolecular Hbond substituents is 1. The van der Waals surface area contributed by atoms with Crippen LogP contribution in [0.3, 0.4) is 0 Å². The summed E-state index contributed by atoms with van der Waals surface area (Å²) >= 11 is 5.39. The summed E-state index contributed by atoms with van der Waals surface area (Å²) in [5.41, 5.74) is 6.85. The van der Waals surface area contributed by atoms with Gasteiger partial charge >= 0.3 is 0 Å². The van der Waals surface area contributed by atoms with Crippen molar-refractivity contribution in [2.24, 2.45) is 0 Å². The average Bonchev–Trinajstić information content (AvgIpc) is 2.10. The fraction of sp³-hybridized carbons (Fsp3) is 0.222. The van der Waals surface area contributed by atoms with Crippen LogP contribution in [0.15, 0.2) is 12.1 Å². The third-order valence-corrected chi connectivity index (χ3v) is 2.04. The van der Waals surface area contributed by atoms with Gasteiger partial charge in [0.1, 0.15) is 5.75 Å². The first-order chi connectivity index (χ1) is 6.06. The number of nitrogens with two attached hydrogens (primary N) is 1. The Bertz CT molecular complexity index is 350. The Morgan fingerprint density at radius 3 is 2.77 bits per heavy atom. The van der Waals surface area contributed by atoms with Gasteiger partial charge in [-0.2, -0.15) is 0 Å². The van der Waals surface area contributed by atoms with Crippen LogP contribution in [-0.2, 0) is 0 Å². The molecule has 0 bridgehead atoms. The number of hydrogen-bond donors (Lipinski definition) is 2. The molecule has 0 atom stereocenters. The predicted octanol–water partition coefficient (Wildman–Crippen LogP) is 1.70. The van der Waals surface area contributed by atoms with Crippen molar-refractivity contribution in [1.82, 2.24) is 0 Å². The third kappa shape index (κ3) is 1.92. The minimum absolute atomic E-state index is 0.0842. The van der Waals surface area contributed by atoms with Gasteiger partial charge in [-0.05, 0) is 24.6 Å². The number of Topliss-reactive ketones (excluding diaryl/α,β-unsaturated/α-hetero) is 1. The van der Waals surface area contributed by atoms with Crippen LogP contribution in [0.1, 0.15) is 15.9 Å². The van der Waals surface area contributed by atoms with Gasteiger partial charge in [-0.1, -0.05) is 0 Å². The summed E-state index contributed by atoms with van der Waals surface area (Å²) in [6.45, 7) is 1.75. The Balaban J connectivity index is 3.23. The van der Waals surface area contributed by atoms with Gasteiger partial charge in [-0.25, -0.2) is 0 Å². The molecule has 0 fully saturated rings. The van der Waals surface area contributed by atoms with Crippen LogP contribution in [0.4, 0.5) is 5.69 Å². The van der Waals surface area contributed by atoms with Crippen molar-refractivity contribution in [3.8, 4) is 5.75 Å². The summed E-state index contributed by atoms with van der Waals surface area (Å²) in [5.74, 6) is -0.391. The SMILES string of the molecule is Cc1cc(N)c(O)cc1C(=O)CCl. The van der Waals surface area contributed by atoms with Crippen LogP contribution in [0.2, 0.25) is 0 Å². The molecule has 13 heavy (non-hydrogen) atoms. The lowest BCUT2D eigenvalue weighted by Crippen LogP contribution is -2.03. The quantitative estimate of drug-likeness (QED) is 0.330. The summed E-state index contributed by atoms with van der Waals surface area (Å²) in [5, 5.41) is 9.25. The van der Waals surface area contributed by atoms with Gasteiger partial charge in [0.05, 0.1) is 11.6 Å². The molecule has 3 N–H and O–H groups in total. The fourth-order valence-corrected chi connectivity index (χ4v) is 1.24. The van der Waals surface area contributed by atoms with Gasteiger partial charge in [-0.15, -0.1) is 11.6 Å². The molecule has 1 aromatic carbocycles. The van der Waals surface area contributed by atoms with Gasteiger partial charge < -0.3 is 10.8 Å². The highest BCUT2D eigenvalue weighted by Gasteiger charge is 2.10. The number of ketones is 1. The van der Waals surface area contributed by atoms with E-state index in [4.69, 9.17) is 17.3 Å². The normalized spacial score (nSPS) is 10.0. The van der Waals surface area contributed by atoms with Crippen LogP contribution < -0.4 is 5.73 Å². The number of benzene rings is 1. The van der Waals surface area contributed by atoms with Crippen LogP contribution >= 0.6 is 11.6 Å². The second-order valence-corrected chi connectivity index (χ2v) is 3.05. The van der Waals surface area contributed by atoms with Crippen molar-refractivity contribution in [3.63, 3.8) is 0 Å². The molecule has 0 aliphatic heterocycles. The molecule has 0 heterocycles. The lowest BCUT2D eigenvalue weighted by Gasteiger charge is -2.05. The maximum atomic E-state index is 11.2. The van der Waals surface area contributed by atoms with Crippen molar-refractivity contribution in [3.05, 3.63) is 23.3 Å². The Labute approximate surface area is 81.1 Å². The zero-order valence-electron chi connectivity index (χ0n) is 7.17. The van der Waals surface area contributed by atoms with Crippen LogP contribution in [0, 0.1) is 6.92 Å². The topological polar surface area (TPSA) is 63.3 Å². The first kappa shape index (κ1) is 9.86. The molecule has 0 aromatic heterocycles. The molecule has 0 spiro atoms. The Kier molecular flexibility index (Phi) is 2.78. The van der Waals surface area contributed by atoms with Crippen molar-refractivity contribution >= 4 is 23.1 Å².